The van der Waals surface area contributed by atoms with Crippen LogP contribution >= 0.6 is 0 Å². The second kappa shape index (κ2) is 16.4. The standard InChI is InChI=1S/C28H34N4O9/c29-19(15-17-7-3-1-4-8-17)25(37)30-20(11-13-23(33)34)26(38)31-21(12-14-24(35)36)27(39)32-22(28(40)41)16-18-9-5-2-6-10-18/h1-10,19-22H,11-16,29H2,(H,30,37)(H,31,38)(H,32,39)(H,33,34)(H,35,36)(H,40,41). The first kappa shape index (κ1) is 32.4. The first-order chi connectivity index (χ1) is 19.5. The van der Waals surface area contributed by atoms with Gasteiger partial charge in [0.05, 0.1) is 6.04 Å². The lowest BCUT2D eigenvalue weighted by atomic mass is 10.0. The zero-order valence-electron chi connectivity index (χ0n) is 22.2. The van der Waals surface area contributed by atoms with Crippen LogP contribution in [0.25, 0.3) is 0 Å². The van der Waals surface area contributed by atoms with Crippen LogP contribution in [0.2, 0.25) is 0 Å². The average Bonchev–Trinajstić information content (AvgIpc) is 2.93. The Bertz CT molecular complexity index is 1210. The van der Waals surface area contributed by atoms with Crippen molar-refractivity contribution in [3.05, 3.63) is 71.8 Å². The first-order valence-corrected chi connectivity index (χ1v) is 12.9. The van der Waals surface area contributed by atoms with Gasteiger partial charge in [0.2, 0.25) is 17.7 Å². The molecule has 13 heteroatoms. The summed E-state index contributed by atoms with van der Waals surface area (Å²) in [4.78, 5) is 73.1. The maximum Gasteiger partial charge on any atom is 0.326 e. The van der Waals surface area contributed by atoms with Crippen LogP contribution in [0.4, 0.5) is 0 Å². The van der Waals surface area contributed by atoms with E-state index in [1.807, 2.05) is 0 Å². The number of carboxylic acids is 3. The van der Waals surface area contributed by atoms with Crippen molar-refractivity contribution in [1.82, 2.24) is 16.0 Å². The Hall–Kier alpha value is -4.78. The minimum Gasteiger partial charge on any atom is -0.481 e. The summed E-state index contributed by atoms with van der Waals surface area (Å²) in [5, 5.41) is 34.9. The third-order valence-corrected chi connectivity index (χ3v) is 6.09. The van der Waals surface area contributed by atoms with E-state index in [0.717, 1.165) is 5.56 Å². The largest absolute Gasteiger partial charge is 0.481 e. The van der Waals surface area contributed by atoms with Crippen molar-refractivity contribution in [2.75, 3.05) is 0 Å². The number of hydrogen-bond acceptors (Lipinski definition) is 7. The molecule has 0 fully saturated rings. The molecule has 41 heavy (non-hydrogen) atoms. The molecule has 0 aromatic heterocycles. The summed E-state index contributed by atoms with van der Waals surface area (Å²) >= 11 is 0. The molecule has 0 radical (unpaired) electrons. The molecule has 0 heterocycles. The molecule has 4 atom stereocenters. The van der Waals surface area contributed by atoms with E-state index >= 15 is 0 Å². The van der Waals surface area contributed by atoms with Crippen LogP contribution in [0.5, 0.6) is 0 Å². The summed E-state index contributed by atoms with van der Waals surface area (Å²) in [6, 6.07) is 12.0. The summed E-state index contributed by atoms with van der Waals surface area (Å²) < 4.78 is 0. The Morgan fingerprint density at radius 1 is 0.585 bits per heavy atom. The Morgan fingerprint density at radius 2 is 0.976 bits per heavy atom. The number of hydrogen-bond donors (Lipinski definition) is 7. The second-order valence-corrected chi connectivity index (χ2v) is 9.37. The number of carbonyl (C=O) groups excluding carboxylic acids is 3. The summed E-state index contributed by atoms with van der Waals surface area (Å²) in [6.07, 6.45) is -1.71. The van der Waals surface area contributed by atoms with E-state index in [1.165, 1.54) is 0 Å². The molecule has 2 rings (SSSR count). The normalized spacial score (nSPS) is 13.6. The van der Waals surface area contributed by atoms with Gasteiger partial charge in [0.15, 0.2) is 0 Å². The van der Waals surface area contributed by atoms with Gasteiger partial charge in [-0.25, -0.2) is 4.79 Å². The number of carbonyl (C=O) groups is 6. The van der Waals surface area contributed by atoms with Crippen LogP contribution in [-0.4, -0.2) is 75.1 Å². The topological polar surface area (TPSA) is 225 Å². The first-order valence-electron chi connectivity index (χ1n) is 12.9. The molecule has 0 aliphatic carbocycles. The van der Waals surface area contributed by atoms with Crippen molar-refractivity contribution >= 4 is 35.6 Å². The molecule has 0 aliphatic rings. The van der Waals surface area contributed by atoms with Gasteiger partial charge in [0.25, 0.3) is 0 Å². The monoisotopic (exact) mass is 570 g/mol. The quantitative estimate of drug-likeness (QED) is 0.135. The minimum atomic E-state index is -1.49. The zero-order valence-corrected chi connectivity index (χ0v) is 22.2. The van der Waals surface area contributed by atoms with Crippen LogP contribution < -0.4 is 21.7 Å². The summed E-state index contributed by atoms with van der Waals surface area (Å²) in [5.41, 5.74) is 7.37. The van der Waals surface area contributed by atoms with Gasteiger partial charge < -0.3 is 37.0 Å². The third-order valence-electron chi connectivity index (χ3n) is 6.09. The Kier molecular flexibility index (Phi) is 12.9. The highest BCUT2D eigenvalue weighted by molar-refractivity contribution is 5.94. The molecular formula is C28H34N4O9. The van der Waals surface area contributed by atoms with E-state index < -0.39 is 79.1 Å². The summed E-state index contributed by atoms with van der Waals surface area (Å²) in [5.74, 6) is -6.49. The lowest BCUT2D eigenvalue weighted by Gasteiger charge is -2.25. The molecule has 0 aliphatic heterocycles. The van der Waals surface area contributed by atoms with Crippen molar-refractivity contribution in [1.29, 1.82) is 0 Å². The fourth-order valence-corrected chi connectivity index (χ4v) is 3.91. The fraction of sp³-hybridized carbons (Fsp3) is 0.357. The number of nitrogens with two attached hydrogens (primary N) is 1. The van der Waals surface area contributed by atoms with Gasteiger partial charge in [-0.05, 0) is 30.4 Å². The maximum atomic E-state index is 13.1. The van der Waals surface area contributed by atoms with E-state index in [2.05, 4.69) is 16.0 Å². The fourth-order valence-electron chi connectivity index (χ4n) is 3.91. The van der Waals surface area contributed by atoms with Crippen LogP contribution in [0.3, 0.4) is 0 Å². The molecule has 220 valence electrons. The molecular weight excluding hydrogens is 536 g/mol. The van der Waals surface area contributed by atoms with Crippen LogP contribution in [0.15, 0.2) is 60.7 Å². The summed E-state index contributed by atoms with van der Waals surface area (Å²) in [6.45, 7) is 0. The zero-order chi connectivity index (χ0) is 30.4. The molecule has 2 aromatic carbocycles. The molecule has 3 amide bonds. The molecule has 13 nitrogen and oxygen atoms in total. The number of carboxylic acid groups (broad SMARTS) is 3. The van der Waals surface area contributed by atoms with E-state index in [0.29, 0.717) is 5.56 Å². The van der Waals surface area contributed by atoms with E-state index in [9.17, 15) is 33.9 Å². The average molecular weight is 571 g/mol. The molecule has 8 N–H and O–H groups in total. The van der Waals surface area contributed by atoms with Crippen LogP contribution in [0, 0.1) is 0 Å². The number of benzene rings is 2. The predicted molar refractivity (Wildman–Crippen MR) is 145 cm³/mol. The smallest absolute Gasteiger partial charge is 0.326 e. The maximum absolute atomic E-state index is 13.1. The lowest BCUT2D eigenvalue weighted by Crippen LogP contribution is -2.57. The van der Waals surface area contributed by atoms with Crippen molar-refractivity contribution in [2.45, 2.75) is 62.7 Å². The van der Waals surface area contributed by atoms with Crippen molar-refractivity contribution in [2.24, 2.45) is 5.73 Å². The van der Waals surface area contributed by atoms with Gasteiger partial charge in [-0.2, -0.15) is 0 Å². The Labute approximate surface area is 236 Å². The van der Waals surface area contributed by atoms with Crippen molar-refractivity contribution < 1.29 is 44.1 Å². The van der Waals surface area contributed by atoms with Gasteiger partial charge in [-0.1, -0.05) is 60.7 Å². The number of nitrogens with one attached hydrogen (secondary N) is 3. The molecule has 2 aromatic rings. The van der Waals surface area contributed by atoms with Gasteiger partial charge in [-0.15, -0.1) is 0 Å². The van der Waals surface area contributed by atoms with E-state index in [-0.39, 0.29) is 19.3 Å². The number of rotatable bonds is 17. The van der Waals surface area contributed by atoms with Crippen molar-refractivity contribution in [3.8, 4) is 0 Å². The van der Waals surface area contributed by atoms with E-state index in [1.54, 1.807) is 60.7 Å². The SMILES string of the molecule is NC(Cc1ccccc1)C(=O)NC(CCC(=O)O)C(=O)NC(CCC(=O)O)C(=O)NC(Cc1ccccc1)C(=O)O. The summed E-state index contributed by atoms with van der Waals surface area (Å²) in [7, 11) is 0. The minimum absolute atomic E-state index is 0.0713. The van der Waals surface area contributed by atoms with Gasteiger partial charge in [0.1, 0.15) is 18.1 Å². The molecule has 0 saturated heterocycles. The Morgan fingerprint density at radius 3 is 1.39 bits per heavy atom. The van der Waals surface area contributed by atoms with Crippen LogP contribution in [-0.2, 0) is 41.6 Å². The number of amides is 3. The highest BCUT2D eigenvalue weighted by Crippen LogP contribution is 2.08. The lowest BCUT2D eigenvalue weighted by molar-refractivity contribution is -0.143. The number of aliphatic carboxylic acids is 3. The van der Waals surface area contributed by atoms with Gasteiger partial charge in [-0.3, -0.25) is 24.0 Å². The third kappa shape index (κ3) is 11.9. The molecule has 0 saturated carbocycles. The molecule has 0 spiro atoms. The van der Waals surface area contributed by atoms with Gasteiger partial charge in [0, 0.05) is 19.3 Å². The molecule has 4 unspecified atom stereocenters. The Balaban J connectivity index is 2.16. The highest BCUT2D eigenvalue weighted by atomic mass is 16.4. The van der Waals surface area contributed by atoms with Gasteiger partial charge >= 0.3 is 17.9 Å². The molecule has 0 bridgehead atoms. The van der Waals surface area contributed by atoms with E-state index in [4.69, 9.17) is 15.9 Å². The predicted octanol–water partition coefficient (Wildman–Crippen LogP) is 0.0677. The van der Waals surface area contributed by atoms with Crippen molar-refractivity contribution in [3.63, 3.8) is 0 Å². The second-order valence-electron chi connectivity index (χ2n) is 9.37. The highest BCUT2D eigenvalue weighted by Gasteiger charge is 2.31. The van der Waals surface area contributed by atoms with Crippen LogP contribution in [0.1, 0.15) is 36.8 Å².